The molecule has 0 bridgehead atoms. The Bertz CT molecular complexity index is 1560. The fourth-order valence-corrected chi connectivity index (χ4v) is 4.86. The van der Waals surface area contributed by atoms with Crippen LogP contribution in [-0.2, 0) is 42.8 Å². The van der Waals surface area contributed by atoms with Gasteiger partial charge in [0.2, 0.25) is 0 Å². The van der Waals surface area contributed by atoms with Crippen molar-refractivity contribution in [1.82, 2.24) is 0 Å². The number of benzene rings is 3. The van der Waals surface area contributed by atoms with Crippen LogP contribution in [0.2, 0.25) is 0 Å². The molecule has 3 aromatic rings. The number of hydrogen-bond acceptors (Lipinski definition) is 12. The van der Waals surface area contributed by atoms with E-state index in [-0.39, 0.29) is 24.0 Å². The Hall–Kier alpha value is -5.43. The first-order chi connectivity index (χ1) is 27.9. The van der Waals surface area contributed by atoms with E-state index < -0.39 is 0 Å². The van der Waals surface area contributed by atoms with E-state index in [1.54, 1.807) is 39.0 Å². The minimum Gasteiger partial charge on any atom is -0.494 e. The topological polar surface area (TPSA) is 134 Å². The summed E-state index contributed by atoms with van der Waals surface area (Å²) in [6, 6.07) is 22.4. The van der Waals surface area contributed by atoms with E-state index >= 15 is 0 Å². The molecule has 0 radical (unpaired) electrons. The van der Waals surface area contributed by atoms with Crippen molar-refractivity contribution in [1.29, 1.82) is 0 Å². The second kappa shape index (κ2) is 28.9. The molecule has 0 N–H and O–H groups in total. The van der Waals surface area contributed by atoms with Gasteiger partial charge in [0, 0.05) is 50.7 Å². The first-order valence-electron chi connectivity index (χ1n) is 19.4. The van der Waals surface area contributed by atoms with E-state index in [9.17, 15) is 14.4 Å². The SMILES string of the molecule is CCOC(=O)/C=C/c1ccc(OCCCOCC(COCCCOc2ccc(/C=C/C(=O)OCC)cc2)OCCCOc2ccc(/C=C/C(=O)OCC)cc2)cc1. The summed E-state index contributed by atoms with van der Waals surface area (Å²) < 4.78 is 50.3. The van der Waals surface area contributed by atoms with Crippen LogP contribution in [0.1, 0.15) is 56.7 Å². The Labute approximate surface area is 336 Å². The predicted octanol–water partition coefficient (Wildman–Crippen LogP) is 7.54. The highest BCUT2D eigenvalue weighted by atomic mass is 16.6. The van der Waals surface area contributed by atoms with Gasteiger partial charge < -0.3 is 42.6 Å². The van der Waals surface area contributed by atoms with E-state index in [0.29, 0.717) is 91.9 Å². The van der Waals surface area contributed by atoms with Crippen LogP contribution < -0.4 is 14.2 Å². The average Bonchev–Trinajstić information content (AvgIpc) is 3.22. The molecule has 12 nitrogen and oxygen atoms in total. The third-order valence-electron chi connectivity index (χ3n) is 7.66. The van der Waals surface area contributed by atoms with Crippen molar-refractivity contribution >= 4 is 36.1 Å². The number of rotatable bonds is 29. The van der Waals surface area contributed by atoms with E-state index in [1.165, 1.54) is 18.2 Å². The minimum atomic E-state index is -0.376. The van der Waals surface area contributed by atoms with Gasteiger partial charge in [-0.1, -0.05) is 36.4 Å². The summed E-state index contributed by atoms with van der Waals surface area (Å²) in [6.07, 6.45) is 11.1. The third-order valence-corrected chi connectivity index (χ3v) is 7.66. The van der Waals surface area contributed by atoms with Crippen molar-refractivity contribution in [2.45, 2.75) is 46.1 Å². The third kappa shape index (κ3) is 21.5. The van der Waals surface area contributed by atoms with Gasteiger partial charge in [0.15, 0.2) is 0 Å². The van der Waals surface area contributed by atoms with Crippen LogP contribution in [0.4, 0.5) is 0 Å². The van der Waals surface area contributed by atoms with Crippen LogP contribution in [0, 0.1) is 0 Å². The maximum absolute atomic E-state index is 11.5. The summed E-state index contributed by atoms with van der Waals surface area (Å²) in [5.74, 6) is 1.05. The van der Waals surface area contributed by atoms with Gasteiger partial charge in [0.05, 0.1) is 59.5 Å². The summed E-state index contributed by atoms with van der Waals surface area (Å²) in [4.78, 5) is 34.6. The molecule has 3 aromatic carbocycles. The first-order valence-corrected chi connectivity index (χ1v) is 19.4. The molecule has 0 aliphatic carbocycles. The second-order valence-corrected chi connectivity index (χ2v) is 12.2. The van der Waals surface area contributed by atoms with Crippen LogP contribution >= 0.6 is 0 Å². The van der Waals surface area contributed by atoms with Gasteiger partial charge in [-0.05, 0) is 92.1 Å². The van der Waals surface area contributed by atoms with Gasteiger partial charge in [-0.25, -0.2) is 14.4 Å². The second-order valence-electron chi connectivity index (χ2n) is 12.2. The molecule has 3 rings (SSSR count). The highest BCUT2D eigenvalue weighted by molar-refractivity contribution is 5.88. The van der Waals surface area contributed by atoms with Crippen molar-refractivity contribution in [3.05, 3.63) is 108 Å². The van der Waals surface area contributed by atoms with Crippen LogP contribution in [0.15, 0.2) is 91.0 Å². The van der Waals surface area contributed by atoms with E-state index in [2.05, 4.69) is 0 Å². The summed E-state index contributed by atoms with van der Waals surface area (Å²) in [5, 5.41) is 0. The Balaban J connectivity index is 1.37. The van der Waals surface area contributed by atoms with Crippen LogP contribution in [0.5, 0.6) is 17.2 Å². The maximum atomic E-state index is 11.5. The molecule has 0 saturated heterocycles. The summed E-state index contributed by atoms with van der Waals surface area (Å²) >= 11 is 0. The van der Waals surface area contributed by atoms with Crippen LogP contribution in [0.3, 0.4) is 0 Å². The lowest BCUT2D eigenvalue weighted by Crippen LogP contribution is -2.27. The summed E-state index contributed by atoms with van der Waals surface area (Å²) in [5.41, 5.74) is 2.61. The molecule has 0 fully saturated rings. The number of esters is 3. The summed E-state index contributed by atoms with van der Waals surface area (Å²) in [7, 11) is 0. The van der Waals surface area contributed by atoms with Crippen molar-refractivity contribution in [3.8, 4) is 17.2 Å². The quantitative estimate of drug-likeness (QED) is 0.0298. The lowest BCUT2D eigenvalue weighted by atomic mass is 10.2. The molecule has 0 atom stereocenters. The lowest BCUT2D eigenvalue weighted by Gasteiger charge is -2.19. The normalized spacial score (nSPS) is 11.4. The number of carbonyl (C=O) groups is 3. The molecular formula is C45H56O12. The molecular weight excluding hydrogens is 732 g/mol. The Kier molecular flexibility index (Phi) is 23.3. The monoisotopic (exact) mass is 788 g/mol. The zero-order valence-electron chi connectivity index (χ0n) is 33.3. The number of ether oxygens (including phenoxy) is 9. The molecule has 308 valence electrons. The average molecular weight is 789 g/mol. The van der Waals surface area contributed by atoms with Crippen LogP contribution in [0.25, 0.3) is 18.2 Å². The zero-order chi connectivity index (χ0) is 40.8. The lowest BCUT2D eigenvalue weighted by molar-refractivity contribution is -0.138. The highest BCUT2D eigenvalue weighted by Crippen LogP contribution is 2.16. The van der Waals surface area contributed by atoms with Crippen LogP contribution in [-0.4, -0.2) is 96.7 Å². The molecule has 0 amide bonds. The zero-order valence-corrected chi connectivity index (χ0v) is 33.3. The molecule has 0 aromatic heterocycles. The van der Waals surface area contributed by atoms with Gasteiger partial charge in [-0.15, -0.1) is 0 Å². The standard InChI is InChI=1S/C45H56O12/c1-4-51-43(46)25-16-36-10-19-39(20-11-36)54-30-7-28-49-34-42(57-33-9-32-56-41-23-14-38(15-24-41)18-27-45(48)53-6-3)35-50-29-8-31-55-40-21-12-37(13-22-40)17-26-44(47)52-5-2/h10-27,42H,4-9,28-35H2,1-3H3/b25-16+,26-17+,27-18+. The van der Waals surface area contributed by atoms with Gasteiger partial charge in [-0.3, -0.25) is 0 Å². The Morgan fingerprint density at radius 1 is 0.456 bits per heavy atom. The molecule has 0 heterocycles. The minimum absolute atomic E-state index is 0.275. The molecule has 0 aliphatic heterocycles. The fraction of sp³-hybridized carbons (Fsp3) is 0.400. The molecule has 0 saturated carbocycles. The van der Waals surface area contributed by atoms with Crippen molar-refractivity contribution in [2.75, 3.05) is 72.7 Å². The maximum Gasteiger partial charge on any atom is 0.330 e. The molecule has 0 spiro atoms. The molecule has 0 unspecified atom stereocenters. The Morgan fingerprint density at radius 3 is 1.09 bits per heavy atom. The smallest absolute Gasteiger partial charge is 0.330 e. The number of hydrogen-bond donors (Lipinski definition) is 0. The first kappa shape index (κ1) is 46.0. The number of carbonyl (C=O) groups excluding carboxylic acids is 3. The predicted molar refractivity (Wildman–Crippen MR) is 218 cm³/mol. The van der Waals surface area contributed by atoms with Gasteiger partial charge >= 0.3 is 17.9 Å². The van der Waals surface area contributed by atoms with E-state index in [4.69, 9.17) is 42.6 Å². The van der Waals surface area contributed by atoms with Gasteiger partial charge in [0.1, 0.15) is 23.4 Å². The van der Waals surface area contributed by atoms with Crippen molar-refractivity contribution in [2.24, 2.45) is 0 Å². The Morgan fingerprint density at radius 2 is 0.772 bits per heavy atom. The molecule has 12 heteroatoms. The van der Waals surface area contributed by atoms with Crippen molar-refractivity contribution in [3.63, 3.8) is 0 Å². The molecule has 57 heavy (non-hydrogen) atoms. The summed E-state index contributed by atoms with van der Waals surface area (Å²) in [6.45, 7) is 9.88. The van der Waals surface area contributed by atoms with E-state index in [1.807, 2.05) is 72.8 Å². The highest BCUT2D eigenvalue weighted by Gasteiger charge is 2.11. The van der Waals surface area contributed by atoms with Crippen molar-refractivity contribution < 1.29 is 57.0 Å². The fourth-order valence-electron chi connectivity index (χ4n) is 4.86. The van der Waals surface area contributed by atoms with Gasteiger partial charge in [0.25, 0.3) is 0 Å². The van der Waals surface area contributed by atoms with Gasteiger partial charge in [-0.2, -0.15) is 0 Å². The molecule has 0 aliphatic rings. The largest absolute Gasteiger partial charge is 0.494 e. The van der Waals surface area contributed by atoms with E-state index in [0.717, 1.165) is 33.9 Å².